The van der Waals surface area contributed by atoms with Crippen LogP contribution in [0.4, 0.5) is 22.4 Å². The third kappa shape index (κ3) is 5.24. The highest BCUT2D eigenvalue weighted by Crippen LogP contribution is 2.66. The molecule has 54 heavy (non-hydrogen) atoms. The molecule has 4 aliphatic rings. The summed E-state index contributed by atoms with van der Waals surface area (Å²) in [5, 5.41) is 19.9. The van der Waals surface area contributed by atoms with E-state index in [1.165, 1.54) is 36.4 Å². The number of benzene rings is 3. The maximum atomic E-state index is 14.3. The highest BCUT2D eigenvalue weighted by atomic mass is 19.1. The van der Waals surface area contributed by atoms with E-state index in [9.17, 15) is 22.4 Å². The van der Waals surface area contributed by atoms with E-state index in [0.29, 0.717) is 12.1 Å². The number of fused-ring (bicyclic) bond motifs is 10. The average Bonchev–Trinajstić information content (AvgIpc) is 3.67. The van der Waals surface area contributed by atoms with Crippen molar-refractivity contribution in [3.63, 3.8) is 0 Å². The Morgan fingerprint density at radius 1 is 0.704 bits per heavy atom. The number of carbonyl (C=O) groups excluding carboxylic acids is 1. The highest BCUT2D eigenvalue weighted by molar-refractivity contribution is 5.71. The Labute approximate surface area is 310 Å². The first-order valence-corrected chi connectivity index (χ1v) is 18.1. The largest absolute Gasteiger partial charge is 0.445 e. The van der Waals surface area contributed by atoms with Crippen molar-refractivity contribution in [3.05, 3.63) is 130 Å². The first-order valence-electron chi connectivity index (χ1n) is 18.1. The topological polar surface area (TPSA) is 116 Å². The number of alkyl carbamates (subject to hydrolysis) is 1. The van der Waals surface area contributed by atoms with Crippen molar-refractivity contribution >= 4 is 6.09 Å². The predicted octanol–water partition coefficient (Wildman–Crippen LogP) is 8.95. The van der Waals surface area contributed by atoms with Crippen molar-refractivity contribution in [2.75, 3.05) is 0 Å². The first-order chi connectivity index (χ1) is 25.7. The van der Waals surface area contributed by atoms with Crippen LogP contribution in [0, 0.1) is 34.1 Å². The maximum absolute atomic E-state index is 14.3. The molecule has 4 bridgehead atoms. The van der Waals surface area contributed by atoms with E-state index in [1.807, 2.05) is 30.3 Å². The molecule has 12 heteroatoms. The molecule has 0 saturated heterocycles. The van der Waals surface area contributed by atoms with Crippen molar-refractivity contribution in [1.29, 1.82) is 0 Å². The molecule has 8 nitrogen and oxygen atoms in total. The summed E-state index contributed by atoms with van der Waals surface area (Å²) in [5.41, 5.74) is 9.15. The zero-order valence-corrected chi connectivity index (χ0v) is 30.4. The number of ether oxygens (including phenoxy) is 1. The van der Waals surface area contributed by atoms with Gasteiger partial charge in [0.25, 0.3) is 0 Å². The monoisotopic (exact) mass is 736 g/mol. The lowest BCUT2D eigenvalue weighted by atomic mass is 9.75. The number of amides is 1. The minimum Gasteiger partial charge on any atom is -0.445 e. The SMILES string of the molecule is CC1(C)[C@@H]2CC[C@@]1(N)c1nnc(-c3c(F)cccc3F)cc12.CC1(C)[C@@H]2CC[C@@]1(NC(=O)OCc1ccccc1)c1nnc(-c3c(F)cccc3F)cc12. The van der Waals surface area contributed by atoms with Gasteiger partial charge in [-0.05, 0) is 96.0 Å². The fourth-order valence-corrected chi connectivity index (χ4v) is 9.61. The standard InChI is InChI=1S/C25H23F2N3O2.C17H17F2N3/c1-24(2)17-11-12-25(24,28-23(31)32-14-15-7-4-3-5-8-15)22-16(17)13-20(29-30-22)21-18(26)9-6-10-19(21)27;1-16(2)10-6-7-17(16,20)15-9(10)8-13(21-22-15)14-11(18)4-3-5-12(14)19/h3-10,13,17H,11-12,14H2,1-2H3,(H,28,31);3-5,8,10H,6-7,20H2,1-2H3/t17-,25-;10-,17-/m11/s1. The summed E-state index contributed by atoms with van der Waals surface area (Å²) in [7, 11) is 0. The van der Waals surface area contributed by atoms with Crippen molar-refractivity contribution in [2.45, 2.75) is 82.9 Å². The van der Waals surface area contributed by atoms with Gasteiger partial charge < -0.3 is 15.8 Å². The third-order valence-corrected chi connectivity index (χ3v) is 12.8. The molecular formula is C42H40F4N6O2. The Bertz CT molecular complexity index is 2260. The van der Waals surface area contributed by atoms with Crippen LogP contribution < -0.4 is 11.1 Å². The Balaban J connectivity index is 0.000000164. The summed E-state index contributed by atoms with van der Waals surface area (Å²) in [6.07, 6.45) is 2.84. The van der Waals surface area contributed by atoms with Gasteiger partial charge in [-0.1, -0.05) is 70.2 Å². The number of carbonyl (C=O) groups is 1. The van der Waals surface area contributed by atoms with E-state index in [-0.39, 0.29) is 51.8 Å². The van der Waals surface area contributed by atoms with Crippen LogP contribution >= 0.6 is 0 Å². The molecule has 1 amide bonds. The molecule has 3 N–H and O–H groups in total. The lowest BCUT2D eigenvalue weighted by Gasteiger charge is -2.38. The number of nitrogens with two attached hydrogens (primary N) is 1. The van der Waals surface area contributed by atoms with Gasteiger partial charge in [0, 0.05) is 5.41 Å². The molecule has 2 fully saturated rings. The summed E-state index contributed by atoms with van der Waals surface area (Å²) in [6, 6.07) is 20.5. The molecule has 2 saturated carbocycles. The summed E-state index contributed by atoms with van der Waals surface area (Å²) >= 11 is 0. The summed E-state index contributed by atoms with van der Waals surface area (Å²) in [4.78, 5) is 12.7. The second-order valence-corrected chi connectivity index (χ2v) is 15.9. The number of nitrogens with one attached hydrogen (secondary N) is 1. The van der Waals surface area contributed by atoms with Gasteiger partial charge in [-0.2, -0.15) is 10.2 Å². The Hall–Kier alpha value is -5.23. The van der Waals surface area contributed by atoms with Crippen LogP contribution in [-0.2, 0) is 22.4 Å². The Morgan fingerprint density at radius 2 is 1.20 bits per heavy atom. The van der Waals surface area contributed by atoms with Crippen LogP contribution in [0.3, 0.4) is 0 Å². The number of aromatic nitrogens is 4. The van der Waals surface area contributed by atoms with Crippen molar-refractivity contribution in [2.24, 2.45) is 16.6 Å². The lowest BCUT2D eigenvalue weighted by molar-refractivity contribution is 0.100. The van der Waals surface area contributed by atoms with E-state index in [4.69, 9.17) is 10.5 Å². The van der Waals surface area contributed by atoms with E-state index in [1.54, 1.807) is 12.1 Å². The minimum atomic E-state index is -0.750. The van der Waals surface area contributed by atoms with Gasteiger partial charge in [-0.3, -0.25) is 0 Å². The molecular weight excluding hydrogens is 696 g/mol. The van der Waals surface area contributed by atoms with Gasteiger partial charge in [0.15, 0.2) is 0 Å². The first kappa shape index (κ1) is 35.8. The van der Waals surface area contributed by atoms with E-state index < -0.39 is 40.4 Å². The van der Waals surface area contributed by atoms with Gasteiger partial charge >= 0.3 is 6.09 Å². The lowest BCUT2D eigenvalue weighted by Crippen LogP contribution is -2.51. The van der Waals surface area contributed by atoms with Crippen LogP contribution in [0.1, 0.15) is 93.3 Å². The second kappa shape index (κ2) is 12.7. The number of halogens is 4. The van der Waals surface area contributed by atoms with Gasteiger partial charge in [-0.15, -0.1) is 10.2 Å². The van der Waals surface area contributed by atoms with Crippen molar-refractivity contribution in [3.8, 4) is 22.5 Å². The van der Waals surface area contributed by atoms with Crippen LogP contribution in [-0.4, -0.2) is 26.5 Å². The minimum absolute atomic E-state index is 0.0796. The van der Waals surface area contributed by atoms with E-state index >= 15 is 0 Å². The number of nitrogens with zero attached hydrogens (tertiary/aromatic N) is 4. The number of hydrogen-bond acceptors (Lipinski definition) is 7. The van der Waals surface area contributed by atoms with E-state index in [2.05, 4.69) is 53.4 Å². The van der Waals surface area contributed by atoms with Gasteiger partial charge in [-0.25, -0.2) is 22.4 Å². The zero-order chi connectivity index (χ0) is 38.2. The average molecular weight is 737 g/mol. The Morgan fingerprint density at radius 3 is 1.78 bits per heavy atom. The normalized spacial score (nSPS) is 24.7. The molecule has 4 aliphatic carbocycles. The number of hydrogen-bond donors (Lipinski definition) is 2. The molecule has 3 aromatic carbocycles. The molecule has 0 aliphatic heterocycles. The molecule has 2 heterocycles. The molecule has 4 atom stereocenters. The summed E-state index contributed by atoms with van der Waals surface area (Å²) in [6.45, 7) is 8.59. The van der Waals surface area contributed by atoms with Crippen molar-refractivity contribution < 1.29 is 27.1 Å². The smallest absolute Gasteiger partial charge is 0.408 e. The van der Waals surface area contributed by atoms with Gasteiger partial charge in [0.1, 0.15) is 29.9 Å². The quantitative estimate of drug-likeness (QED) is 0.173. The fourth-order valence-electron chi connectivity index (χ4n) is 9.61. The van der Waals surface area contributed by atoms with Crippen molar-refractivity contribution in [1.82, 2.24) is 25.7 Å². The van der Waals surface area contributed by atoms with Crippen LogP contribution in [0.5, 0.6) is 0 Å². The molecule has 2 aromatic heterocycles. The molecule has 5 aromatic rings. The third-order valence-electron chi connectivity index (χ3n) is 12.8. The van der Waals surface area contributed by atoms with Crippen LogP contribution in [0.25, 0.3) is 22.5 Å². The molecule has 0 spiro atoms. The van der Waals surface area contributed by atoms with Gasteiger partial charge in [0.2, 0.25) is 0 Å². The van der Waals surface area contributed by atoms with Gasteiger partial charge in [0.05, 0.1) is 45.0 Å². The Kier molecular flexibility index (Phi) is 8.40. The molecule has 9 rings (SSSR count). The fraction of sp³-hybridized carbons (Fsp3) is 0.357. The van der Waals surface area contributed by atoms with E-state index in [0.717, 1.165) is 41.6 Å². The predicted molar refractivity (Wildman–Crippen MR) is 194 cm³/mol. The molecule has 278 valence electrons. The highest BCUT2D eigenvalue weighted by Gasteiger charge is 2.65. The zero-order valence-electron chi connectivity index (χ0n) is 30.4. The summed E-state index contributed by atoms with van der Waals surface area (Å²) < 4.78 is 62.0. The maximum Gasteiger partial charge on any atom is 0.408 e. The van der Waals surface area contributed by atoms with Crippen LogP contribution in [0.2, 0.25) is 0 Å². The summed E-state index contributed by atoms with van der Waals surface area (Å²) in [5.74, 6) is -2.27. The second-order valence-electron chi connectivity index (χ2n) is 15.9. The number of rotatable bonds is 5. The molecule has 0 radical (unpaired) electrons. The van der Waals surface area contributed by atoms with Crippen LogP contribution in [0.15, 0.2) is 78.9 Å². The molecule has 0 unspecified atom stereocenters.